The van der Waals surface area contributed by atoms with Crippen LogP contribution in [0.2, 0.25) is 0 Å². The highest BCUT2D eigenvalue weighted by Crippen LogP contribution is 2.35. The van der Waals surface area contributed by atoms with Gasteiger partial charge in [-0.05, 0) is 54.7 Å². The van der Waals surface area contributed by atoms with E-state index in [1.807, 2.05) is 0 Å². The Labute approximate surface area is 127 Å². The summed E-state index contributed by atoms with van der Waals surface area (Å²) in [4.78, 5) is 2.52. The van der Waals surface area contributed by atoms with Crippen molar-refractivity contribution in [2.75, 3.05) is 18.1 Å². The highest BCUT2D eigenvalue weighted by molar-refractivity contribution is 9.10. The molecule has 0 spiro atoms. The predicted molar refractivity (Wildman–Crippen MR) is 84.3 cm³/mol. The van der Waals surface area contributed by atoms with Crippen LogP contribution in [-0.4, -0.2) is 30.1 Å². The van der Waals surface area contributed by atoms with E-state index < -0.39 is 0 Å². The van der Waals surface area contributed by atoms with Gasteiger partial charge >= 0.3 is 0 Å². The summed E-state index contributed by atoms with van der Waals surface area (Å²) >= 11 is 3.16. The van der Waals surface area contributed by atoms with Crippen molar-refractivity contribution in [3.63, 3.8) is 0 Å². The monoisotopic (exact) mass is 341 g/mol. The van der Waals surface area contributed by atoms with Crippen molar-refractivity contribution in [1.29, 1.82) is 0 Å². The van der Waals surface area contributed by atoms with Gasteiger partial charge in [0.1, 0.15) is 5.82 Å². The number of halogens is 2. The summed E-state index contributed by atoms with van der Waals surface area (Å²) < 4.78 is 14.1. The van der Waals surface area contributed by atoms with Crippen LogP contribution in [0.3, 0.4) is 0 Å². The van der Waals surface area contributed by atoms with Gasteiger partial charge in [0.2, 0.25) is 0 Å². The molecule has 1 aromatic rings. The Balaban J connectivity index is 1.74. The molecule has 5 heteroatoms. The molecule has 110 valence electrons. The van der Waals surface area contributed by atoms with Crippen LogP contribution in [0.15, 0.2) is 16.6 Å². The maximum Gasteiger partial charge on any atom is 0.139 e. The van der Waals surface area contributed by atoms with Crippen LogP contribution in [0.25, 0.3) is 0 Å². The molecule has 2 heterocycles. The second-order valence-electron chi connectivity index (χ2n) is 6.07. The Morgan fingerprint density at radius 2 is 1.95 bits per heavy atom. The Kier molecular flexibility index (Phi) is 3.91. The number of nitrogens with one attached hydrogen (secondary N) is 1. The molecule has 0 aromatic heterocycles. The zero-order valence-corrected chi connectivity index (χ0v) is 13.3. The van der Waals surface area contributed by atoms with Gasteiger partial charge in [-0.15, -0.1) is 0 Å². The van der Waals surface area contributed by atoms with E-state index in [9.17, 15) is 4.39 Å². The minimum Gasteiger partial charge on any atom is -0.397 e. The van der Waals surface area contributed by atoms with E-state index in [1.54, 1.807) is 6.07 Å². The Hall–Kier alpha value is -0.810. The van der Waals surface area contributed by atoms with Gasteiger partial charge in [-0.25, -0.2) is 4.39 Å². The number of benzene rings is 1. The van der Waals surface area contributed by atoms with E-state index in [-0.39, 0.29) is 5.82 Å². The van der Waals surface area contributed by atoms with Crippen molar-refractivity contribution in [2.45, 2.75) is 50.2 Å². The molecule has 2 atom stereocenters. The van der Waals surface area contributed by atoms with Gasteiger partial charge in [-0.2, -0.15) is 0 Å². The SMILES string of the molecule is CN1C2CCCC1CC(Nc1cc(F)c(Br)cc1N)C2. The third-order valence-corrected chi connectivity index (χ3v) is 5.40. The number of nitrogens with zero attached hydrogens (tertiary/aromatic N) is 1. The van der Waals surface area contributed by atoms with Gasteiger partial charge in [-0.1, -0.05) is 6.42 Å². The molecule has 0 amide bonds. The lowest BCUT2D eigenvalue weighted by Crippen LogP contribution is -2.52. The second-order valence-corrected chi connectivity index (χ2v) is 6.92. The van der Waals surface area contributed by atoms with E-state index in [1.165, 1.54) is 25.3 Å². The number of piperidine rings is 2. The van der Waals surface area contributed by atoms with Crippen LogP contribution < -0.4 is 11.1 Å². The van der Waals surface area contributed by atoms with Crippen LogP contribution in [0.5, 0.6) is 0 Å². The van der Waals surface area contributed by atoms with Gasteiger partial charge in [0, 0.05) is 24.2 Å². The molecule has 2 unspecified atom stereocenters. The van der Waals surface area contributed by atoms with Crippen LogP contribution in [0.4, 0.5) is 15.8 Å². The molecule has 0 radical (unpaired) electrons. The maximum atomic E-state index is 13.7. The van der Waals surface area contributed by atoms with Crippen molar-refractivity contribution in [2.24, 2.45) is 0 Å². The largest absolute Gasteiger partial charge is 0.397 e. The van der Waals surface area contributed by atoms with Crippen molar-refractivity contribution in [1.82, 2.24) is 4.90 Å². The molecule has 3 rings (SSSR count). The first-order chi connectivity index (χ1) is 9.54. The topological polar surface area (TPSA) is 41.3 Å². The molecule has 0 aliphatic carbocycles. The minimum atomic E-state index is -0.269. The zero-order valence-electron chi connectivity index (χ0n) is 11.7. The van der Waals surface area contributed by atoms with Gasteiger partial charge < -0.3 is 16.0 Å². The van der Waals surface area contributed by atoms with Gasteiger partial charge in [0.25, 0.3) is 0 Å². The summed E-state index contributed by atoms with van der Waals surface area (Å²) in [7, 11) is 2.23. The highest BCUT2D eigenvalue weighted by Gasteiger charge is 2.36. The number of nitrogens with two attached hydrogens (primary N) is 1. The number of rotatable bonds is 2. The number of fused-ring (bicyclic) bond motifs is 2. The van der Waals surface area contributed by atoms with Crippen molar-refractivity contribution in [3.05, 3.63) is 22.4 Å². The van der Waals surface area contributed by atoms with E-state index in [0.29, 0.717) is 28.3 Å². The van der Waals surface area contributed by atoms with Crippen molar-refractivity contribution >= 4 is 27.3 Å². The predicted octanol–water partition coefficient (Wildman–Crippen LogP) is 3.60. The fraction of sp³-hybridized carbons (Fsp3) is 0.600. The molecule has 0 saturated carbocycles. The van der Waals surface area contributed by atoms with Gasteiger partial charge in [-0.3, -0.25) is 0 Å². The average Bonchev–Trinajstić information content (AvgIpc) is 2.37. The fourth-order valence-corrected chi connectivity index (χ4v) is 4.00. The molecular weight excluding hydrogens is 321 g/mol. The molecule has 3 nitrogen and oxygen atoms in total. The molecule has 3 N–H and O–H groups in total. The summed E-state index contributed by atoms with van der Waals surface area (Å²) in [5.74, 6) is -0.269. The maximum absolute atomic E-state index is 13.7. The minimum absolute atomic E-state index is 0.269. The van der Waals surface area contributed by atoms with Gasteiger partial charge in [0.05, 0.1) is 15.8 Å². The Morgan fingerprint density at radius 3 is 2.60 bits per heavy atom. The van der Waals surface area contributed by atoms with E-state index in [0.717, 1.165) is 18.5 Å². The Morgan fingerprint density at radius 1 is 1.30 bits per heavy atom. The summed E-state index contributed by atoms with van der Waals surface area (Å²) in [6.45, 7) is 0. The Bertz CT molecular complexity index is 494. The van der Waals surface area contributed by atoms with Crippen LogP contribution in [0, 0.1) is 5.82 Å². The number of hydrogen-bond acceptors (Lipinski definition) is 3. The molecule has 2 aliphatic rings. The molecule has 2 aliphatic heterocycles. The molecule has 2 bridgehead atoms. The lowest BCUT2D eigenvalue weighted by Gasteiger charge is -2.47. The van der Waals surface area contributed by atoms with Crippen LogP contribution in [-0.2, 0) is 0 Å². The first-order valence-electron chi connectivity index (χ1n) is 7.27. The van der Waals surface area contributed by atoms with Crippen LogP contribution in [0.1, 0.15) is 32.1 Å². The lowest BCUT2D eigenvalue weighted by atomic mass is 9.82. The standard InChI is InChI=1S/C15H21BrFN3/c1-20-10-3-2-4-11(20)6-9(5-10)19-15-8-13(17)12(16)7-14(15)18/h7-11,19H,2-6,18H2,1H3. The first kappa shape index (κ1) is 14.1. The molecular formula is C15H21BrFN3. The highest BCUT2D eigenvalue weighted by atomic mass is 79.9. The first-order valence-corrected chi connectivity index (χ1v) is 8.07. The molecule has 2 fully saturated rings. The van der Waals surface area contributed by atoms with Crippen LogP contribution >= 0.6 is 15.9 Å². The number of nitrogen functional groups attached to an aromatic ring is 1. The normalized spacial score (nSPS) is 30.2. The summed E-state index contributed by atoms with van der Waals surface area (Å²) in [6.07, 6.45) is 6.11. The molecule has 1 aromatic carbocycles. The smallest absolute Gasteiger partial charge is 0.139 e. The summed E-state index contributed by atoms with van der Waals surface area (Å²) in [6, 6.07) is 4.83. The summed E-state index contributed by atoms with van der Waals surface area (Å²) in [5.41, 5.74) is 7.30. The summed E-state index contributed by atoms with van der Waals surface area (Å²) in [5, 5.41) is 3.45. The lowest BCUT2D eigenvalue weighted by molar-refractivity contribution is 0.0608. The molecule has 2 saturated heterocycles. The van der Waals surface area contributed by atoms with Crippen molar-refractivity contribution in [3.8, 4) is 0 Å². The third-order valence-electron chi connectivity index (χ3n) is 4.79. The second kappa shape index (κ2) is 5.53. The quantitative estimate of drug-likeness (QED) is 0.807. The number of anilines is 2. The zero-order chi connectivity index (χ0) is 14.3. The van der Waals surface area contributed by atoms with Crippen molar-refractivity contribution < 1.29 is 4.39 Å². The van der Waals surface area contributed by atoms with E-state index in [4.69, 9.17) is 5.73 Å². The average molecular weight is 342 g/mol. The van der Waals surface area contributed by atoms with Gasteiger partial charge in [0.15, 0.2) is 0 Å². The molecule has 20 heavy (non-hydrogen) atoms. The third kappa shape index (κ3) is 2.66. The van der Waals surface area contributed by atoms with E-state index in [2.05, 4.69) is 33.2 Å². The van der Waals surface area contributed by atoms with E-state index >= 15 is 0 Å². The fourth-order valence-electron chi connectivity index (χ4n) is 3.64. The number of hydrogen-bond donors (Lipinski definition) is 2.